The van der Waals surface area contributed by atoms with Crippen LogP contribution < -0.4 is 5.73 Å². The molecule has 7 heteroatoms. The lowest BCUT2D eigenvalue weighted by Gasteiger charge is -1.99. The Labute approximate surface area is 122 Å². The zero-order valence-electron chi connectivity index (χ0n) is 10.1. The first kappa shape index (κ1) is 12.6. The first-order chi connectivity index (χ1) is 9.63. The molecular weight excluding hydrogens is 324 g/mol. The normalized spacial score (nSPS) is 10.7. The standard InChI is InChI=1S/C13H9BrN4O2/c14-8-3-7(5-16-6-8)12-17-13(20-18-12)10-2-1-9(15)4-11(10)19/h1-6,19H,15H2. The predicted octanol–water partition coefficient (Wildman–Crippen LogP) is 2.85. The molecule has 3 N–H and O–H groups in total. The van der Waals surface area contributed by atoms with Gasteiger partial charge in [-0.3, -0.25) is 4.98 Å². The third kappa shape index (κ3) is 2.35. The van der Waals surface area contributed by atoms with Crippen molar-refractivity contribution >= 4 is 21.6 Å². The first-order valence-corrected chi connectivity index (χ1v) is 6.46. The molecule has 6 nitrogen and oxygen atoms in total. The van der Waals surface area contributed by atoms with Gasteiger partial charge in [0.1, 0.15) is 5.75 Å². The van der Waals surface area contributed by atoms with Crippen LogP contribution in [0.3, 0.4) is 0 Å². The SMILES string of the molecule is Nc1ccc(-c2nc(-c3cncc(Br)c3)no2)c(O)c1. The van der Waals surface area contributed by atoms with Gasteiger partial charge in [-0.2, -0.15) is 4.98 Å². The molecular formula is C13H9BrN4O2. The quantitative estimate of drug-likeness (QED) is 0.700. The molecule has 100 valence electrons. The number of aromatic hydroxyl groups is 1. The summed E-state index contributed by atoms with van der Waals surface area (Å²) in [7, 11) is 0. The Morgan fingerprint density at radius 1 is 1.20 bits per heavy atom. The largest absolute Gasteiger partial charge is 0.507 e. The summed E-state index contributed by atoms with van der Waals surface area (Å²) in [6.45, 7) is 0. The van der Waals surface area contributed by atoms with E-state index >= 15 is 0 Å². The highest BCUT2D eigenvalue weighted by molar-refractivity contribution is 9.10. The minimum Gasteiger partial charge on any atom is -0.507 e. The molecule has 20 heavy (non-hydrogen) atoms. The van der Waals surface area contributed by atoms with E-state index in [0.717, 1.165) is 4.47 Å². The van der Waals surface area contributed by atoms with Crippen molar-refractivity contribution < 1.29 is 9.63 Å². The Morgan fingerprint density at radius 3 is 2.80 bits per heavy atom. The minimum atomic E-state index is -0.00688. The van der Waals surface area contributed by atoms with Crippen molar-refractivity contribution in [2.24, 2.45) is 0 Å². The number of aromatic nitrogens is 3. The van der Waals surface area contributed by atoms with Crippen LogP contribution in [0.1, 0.15) is 0 Å². The monoisotopic (exact) mass is 332 g/mol. The van der Waals surface area contributed by atoms with Crippen LogP contribution in [0.5, 0.6) is 5.75 Å². The molecule has 0 amide bonds. The number of phenolic OH excluding ortho intramolecular Hbond substituents is 1. The maximum Gasteiger partial charge on any atom is 0.262 e. The number of nitrogen functional groups attached to an aromatic ring is 1. The second-order valence-corrected chi connectivity index (χ2v) is 5.01. The van der Waals surface area contributed by atoms with Crippen molar-refractivity contribution in [3.63, 3.8) is 0 Å². The lowest BCUT2D eigenvalue weighted by atomic mass is 10.2. The summed E-state index contributed by atoms with van der Waals surface area (Å²) in [6, 6.07) is 6.53. The Bertz CT molecular complexity index is 773. The maximum absolute atomic E-state index is 9.84. The predicted molar refractivity (Wildman–Crippen MR) is 76.7 cm³/mol. The van der Waals surface area contributed by atoms with Gasteiger partial charge in [-0.1, -0.05) is 5.16 Å². The molecule has 0 unspecified atom stereocenters. The van der Waals surface area contributed by atoms with E-state index in [0.29, 0.717) is 22.6 Å². The van der Waals surface area contributed by atoms with Gasteiger partial charge in [0.2, 0.25) is 5.82 Å². The van der Waals surface area contributed by atoms with Gasteiger partial charge in [0.05, 0.1) is 5.56 Å². The number of hydrogen-bond donors (Lipinski definition) is 2. The average Bonchev–Trinajstić information content (AvgIpc) is 2.88. The molecule has 2 heterocycles. The molecule has 0 aliphatic carbocycles. The average molecular weight is 333 g/mol. The van der Waals surface area contributed by atoms with E-state index in [1.54, 1.807) is 24.5 Å². The van der Waals surface area contributed by atoms with Crippen molar-refractivity contribution in [3.8, 4) is 28.6 Å². The van der Waals surface area contributed by atoms with E-state index in [1.807, 2.05) is 6.07 Å². The lowest BCUT2D eigenvalue weighted by molar-refractivity contribution is 0.426. The number of rotatable bonds is 2. The Morgan fingerprint density at radius 2 is 2.05 bits per heavy atom. The van der Waals surface area contributed by atoms with Crippen molar-refractivity contribution in [2.75, 3.05) is 5.73 Å². The molecule has 3 rings (SSSR count). The second kappa shape index (κ2) is 4.93. The van der Waals surface area contributed by atoms with Crippen molar-refractivity contribution in [1.82, 2.24) is 15.1 Å². The molecule has 0 bridgehead atoms. The van der Waals surface area contributed by atoms with Gasteiger partial charge in [0.25, 0.3) is 5.89 Å². The molecule has 0 fully saturated rings. The first-order valence-electron chi connectivity index (χ1n) is 5.67. The molecule has 0 spiro atoms. The van der Waals surface area contributed by atoms with Crippen LogP contribution in [0.25, 0.3) is 22.8 Å². The molecule has 0 radical (unpaired) electrons. The van der Waals surface area contributed by atoms with Crippen molar-refractivity contribution in [1.29, 1.82) is 0 Å². The van der Waals surface area contributed by atoms with Crippen molar-refractivity contribution in [2.45, 2.75) is 0 Å². The fourth-order valence-corrected chi connectivity index (χ4v) is 2.08. The fourth-order valence-electron chi connectivity index (χ4n) is 1.71. The van der Waals surface area contributed by atoms with Crippen LogP contribution >= 0.6 is 15.9 Å². The number of benzene rings is 1. The number of pyridine rings is 1. The summed E-state index contributed by atoms with van der Waals surface area (Å²) >= 11 is 3.33. The highest BCUT2D eigenvalue weighted by atomic mass is 79.9. The van der Waals surface area contributed by atoms with Crippen molar-refractivity contribution in [3.05, 3.63) is 41.1 Å². The number of anilines is 1. The van der Waals surface area contributed by atoms with Crippen LogP contribution in [-0.2, 0) is 0 Å². The van der Waals surface area contributed by atoms with E-state index in [9.17, 15) is 5.11 Å². The zero-order valence-corrected chi connectivity index (χ0v) is 11.7. The number of hydrogen-bond acceptors (Lipinski definition) is 6. The van der Waals surface area contributed by atoms with Gasteiger partial charge < -0.3 is 15.4 Å². The summed E-state index contributed by atoms with van der Waals surface area (Å²) in [5, 5.41) is 13.7. The summed E-state index contributed by atoms with van der Waals surface area (Å²) in [6.07, 6.45) is 3.29. The topological polar surface area (TPSA) is 98.1 Å². The smallest absolute Gasteiger partial charge is 0.262 e. The zero-order chi connectivity index (χ0) is 14.1. The summed E-state index contributed by atoms with van der Waals surface area (Å²) in [5.74, 6) is 0.607. The number of halogens is 1. The fraction of sp³-hybridized carbons (Fsp3) is 0. The van der Waals surface area contributed by atoms with E-state index in [-0.39, 0.29) is 11.6 Å². The van der Waals surface area contributed by atoms with E-state index in [1.165, 1.54) is 6.07 Å². The molecule has 0 atom stereocenters. The molecule has 2 aromatic heterocycles. The molecule has 1 aromatic carbocycles. The Balaban J connectivity index is 2.02. The highest BCUT2D eigenvalue weighted by Gasteiger charge is 2.14. The van der Waals surface area contributed by atoms with Crippen LogP contribution in [0.2, 0.25) is 0 Å². The summed E-state index contributed by atoms with van der Waals surface area (Å²) in [5.41, 5.74) is 7.18. The van der Waals surface area contributed by atoms with Crippen LogP contribution in [0.15, 0.2) is 45.7 Å². The van der Waals surface area contributed by atoms with Crippen LogP contribution in [0, 0.1) is 0 Å². The highest BCUT2D eigenvalue weighted by Crippen LogP contribution is 2.31. The van der Waals surface area contributed by atoms with Gasteiger partial charge in [0, 0.05) is 34.2 Å². The third-order valence-corrected chi connectivity index (χ3v) is 3.07. The number of nitrogens with two attached hydrogens (primary N) is 1. The molecule has 0 aliphatic heterocycles. The van der Waals surface area contributed by atoms with Gasteiger partial charge in [-0.25, -0.2) is 0 Å². The Hall–Kier alpha value is -2.41. The molecule has 0 saturated heterocycles. The minimum absolute atomic E-state index is 0.00688. The van der Waals surface area contributed by atoms with E-state index < -0.39 is 0 Å². The Kier molecular flexibility index (Phi) is 3.11. The van der Waals surface area contributed by atoms with Gasteiger partial charge in [-0.05, 0) is 34.1 Å². The van der Waals surface area contributed by atoms with E-state index in [4.69, 9.17) is 10.3 Å². The van der Waals surface area contributed by atoms with Crippen LogP contribution in [0.4, 0.5) is 5.69 Å². The third-order valence-electron chi connectivity index (χ3n) is 2.64. The lowest BCUT2D eigenvalue weighted by Crippen LogP contribution is -1.86. The van der Waals surface area contributed by atoms with Gasteiger partial charge >= 0.3 is 0 Å². The number of phenols is 1. The maximum atomic E-state index is 9.84. The van der Waals surface area contributed by atoms with Crippen LogP contribution in [-0.4, -0.2) is 20.2 Å². The molecule has 0 aliphatic rings. The van der Waals surface area contributed by atoms with E-state index in [2.05, 4.69) is 31.1 Å². The summed E-state index contributed by atoms with van der Waals surface area (Å²) in [4.78, 5) is 8.28. The second-order valence-electron chi connectivity index (χ2n) is 4.09. The van der Waals surface area contributed by atoms with Gasteiger partial charge in [0.15, 0.2) is 0 Å². The molecule has 3 aromatic rings. The van der Waals surface area contributed by atoms with Gasteiger partial charge in [-0.15, -0.1) is 0 Å². The number of nitrogens with zero attached hydrogens (tertiary/aromatic N) is 3. The molecule has 0 saturated carbocycles. The summed E-state index contributed by atoms with van der Waals surface area (Å²) < 4.78 is 5.98.